The van der Waals surface area contributed by atoms with Crippen molar-refractivity contribution in [3.05, 3.63) is 28.8 Å². The van der Waals surface area contributed by atoms with Crippen molar-refractivity contribution in [2.75, 3.05) is 18.4 Å². The van der Waals surface area contributed by atoms with Crippen LogP contribution in [0.2, 0.25) is 5.02 Å². The molecule has 1 aliphatic rings. The van der Waals surface area contributed by atoms with Crippen LogP contribution in [0, 0.1) is 6.92 Å². The van der Waals surface area contributed by atoms with Crippen molar-refractivity contribution in [1.29, 1.82) is 0 Å². The molecule has 1 saturated heterocycles. The number of carbonyl (C=O) groups excluding carboxylic acids is 1. The number of piperidine rings is 1. The third-order valence-corrected chi connectivity index (χ3v) is 4.19. The van der Waals surface area contributed by atoms with Crippen molar-refractivity contribution in [2.24, 2.45) is 0 Å². The molecule has 1 fully saturated rings. The SMILES string of the molecule is Cc1ccc(Cl)cc1NC(=O)[C@@H](C)[NH+]1CCCCC1. The summed E-state index contributed by atoms with van der Waals surface area (Å²) in [5, 5.41) is 3.66. The fraction of sp³-hybridized carbons (Fsp3) is 0.533. The van der Waals surface area contributed by atoms with Gasteiger partial charge in [0.25, 0.3) is 5.91 Å². The largest absolute Gasteiger partial charge is 0.325 e. The van der Waals surface area contributed by atoms with Crippen LogP contribution in [-0.2, 0) is 4.79 Å². The third-order valence-electron chi connectivity index (χ3n) is 3.96. The van der Waals surface area contributed by atoms with Gasteiger partial charge >= 0.3 is 0 Å². The number of aryl methyl sites for hydroxylation is 1. The lowest BCUT2D eigenvalue weighted by Gasteiger charge is -2.28. The number of rotatable bonds is 3. The Balaban J connectivity index is 2.01. The minimum Gasteiger partial charge on any atom is -0.325 e. The molecular formula is C15H22ClN2O+. The van der Waals surface area contributed by atoms with E-state index in [-0.39, 0.29) is 11.9 Å². The highest BCUT2D eigenvalue weighted by Crippen LogP contribution is 2.20. The summed E-state index contributed by atoms with van der Waals surface area (Å²) >= 11 is 5.97. The van der Waals surface area contributed by atoms with E-state index in [1.165, 1.54) is 24.2 Å². The topological polar surface area (TPSA) is 33.5 Å². The number of amides is 1. The fourth-order valence-electron chi connectivity index (χ4n) is 2.59. The van der Waals surface area contributed by atoms with Crippen LogP contribution in [0.5, 0.6) is 0 Å². The molecule has 1 aromatic carbocycles. The second kappa shape index (κ2) is 6.40. The van der Waals surface area contributed by atoms with Gasteiger partial charge in [0.1, 0.15) is 0 Å². The molecule has 1 heterocycles. The van der Waals surface area contributed by atoms with Gasteiger partial charge in [0.15, 0.2) is 6.04 Å². The molecule has 1 atom stereocenters. The molecule has 1 aliphatic heterocycles. The quantitative estimate of drug-likeness (QED) is 0.873. The van der Waals surface area contributed by atoms with Crippen molar-refractivity contribution in [3.8, 4) is 0 Å². The monoisotopic (exact) mass is 281 g/mol. The standard InChI is InChI=1S/C15H21ClN2O/c1-11-6-7-13(16)10-14(11)17-15(19)12(2)18-8-4-3-5-9-18/h6-7,10,12H,3-5,8-9H2,1-2H3,(H,17,19)/p+1/t12-/m1/s1. The number of halogens is 1. The highest BCUT2D eigenvalue weighted by Gasteiger charge is 2.26. The summed E-state index contributed by atoms with van der Waals surface area (Å²) in [7, 11) is 0. The summed E-state index contributed by atoms with van der Waals surface area (Å²) in [6, 6.07) is 5.58. The van der Waals surface area contributed by atoms with E-state index in [0.29, 0.717) is 5.02 Å². The minimum absolute atomic E-state index is 0.00122. The summed E-state index contributed by atoms with van der Waals surface area (Å²) < 4.78 is 0. The van der Waals surface area contributed by atoms with Gasteiger partial charge in [-0.2, -0.15) is 0 Å². The van der Waals surface area contributed by atoms with Gasteiger partial charge < -0.3 is 10.2 Å². The van der Waals surface area contributed by atoms with Crippen LogP contribution < -0.4 is 10.2 Å². The lowest BCUT2D eigenvalue weighted by Crippen LogP contribution is -3.17. The Morgan fingerprint density at radius 3 is 2.68 bits per heavy atom. The van der Waals surface area contributed by atoms with E-state index in [1.807, 2.05) is 32.0 Å². The molecule has 19 heavy (non-hydrogen) atoms. The second-order valence-electron chi connectivity index (χ2n) is 5.39. The van der Waals surface area contributed by atoms with Crippen LogP contribution in [-0.4, -0.2) is 25.0 Å². The summed E-state index contributed by atoms with van der Waals surface area (Å²) in [6.07, 6.45) is 3.75. The van der Waals surface area contributed by atoms with Gasteiger partial charge in [0, 0.05) is 10.7 Å². The number of hydrogen-bond acceptors (Lipinski definition) is 1. The maximum absolute atomic E-state index is 12.3. The van der Waals surface area contributed by atoms with Gasteiger partial charge in [-0.1, -0.05) is 17.7 Å². The molecule has 0 aliphatic carbocycles. The average Bonchev–Trinajstić information content (AvgIpc) is 2.43. The molecule has 0 spiro atoms. The predicted molar refractivity (Wildman–Crippen MR) is 78.8 cm³/mol. The van der Waals surface area contributed by atoms with Crippen LogP contribution in [0.25, 0.3) is 0 Å². The van der Waals surface area contributed by atoms with E-state index < -0.39 is 0 Å². The number of carbonyl (C=O) groups is 1. The van der Waals surface area contributed by atoms with Crippen molar-refractivity contribution in [1.82, 2.24) is 0 Å². The van der Waals surface area contributed by atoms with E-state index in [9.17, 15) is 4.79 Å². The van der Waals surface area contributed by atoms with E-state index in [2.05, 4.69) is 5.32 Å². The molecule has 0 unspecified atom stereocenters. The fourth-order valence-corrected chi connectivity index (χ4v) is 2.77. The van der Waals surface area contributed by atoms with Crippen LogP contribution in [0.1, 0.15) is 31.7 Å². The Kier molecular flexibility index (Phi) is 4.83. The van der Waals surface area contributed by atoms with E-state index in [4.69, 9.17) is 11.6 Å². The number of nitrogens with one attached hydrogen (secondary N) is 2. The zero-order valence-corrected chi connectivity index (χ0v) is 12.4. The first kappa shape index (κ1) is 14.4. The maximum Gasteiger partial charge on any atom is 0.282 e. The number of hydrogen-bond donors (Lipinski definition) is 2. The lowest BCUT2D eigenvalue weighted by atomic mass is 10.1. The molecular weight excluding hydrogens is 260 g/mol. The molecule has 1 amide bonds. The van der Waals surface area contributed by atoms with Gasteiger partial charge in [0.05, 0.1) is 13.1 Å². The third kappa shape index (κ3) is 3.71. The van der Waals surface area contributed by atoms with Crippen molar-refractivity contribution in [2.45, 2.75) is 39.2 Å². The van der Waals surface area contributed by atoms with Gasteiger partial charge in [-0.25, -0.2) is 0 Å². The summed E-state index contributed by atoms with van der Waals surface area (Å²) in [5.41, 5.74) is 1.86. The molecule has 0 saturated carbocycles. The second-order valence-corrected chi connectivity index (χ2v) is 5.83. The minimum atomic E-state index is -0.00122. The molecule has 4 heteroatoms. The Bertz CT molecular complexity index is 455. The van der Waals surface area contributed by atoms with Gasteiger partial charge in [0.2, 0.25) is 0 Å². The van der Waals surface area contributed by atoms with Gasteiger partial charge in [-0.3, -0.25) is 4.79 Å². The van der Waals surface area contributed by atoms with Crippen LogP contribution in [0.4, 0.5) is 5.69 Å². The lowest BCUT2D eigenvalue weighted by molar-refractivity contribution is -0.918. The highest BCUT2D eigenvalue weighted by molar-refractivity contribution is 6.31. The van der Waals surface area contributed by atoms with Crippen LogP contribution in [0.15, 0.2) is 18.2 Å². The number of quaternary nitrogens is 1. The van der Waals surface area contributed by atoms with Gasteiger partial charge in [-0.05, 0) is 50.8 Å². The smallest absolute Gasteiger partial charge is 0.282 e. The normalized spacial score (nSPS) is 18.1. The molecule has 1 aromatic rings. The Labute approximate surface area is 119 Å². The molecule has 104 valence electrons. The van der Waals surface area contributed by atoms with Crippen LogP contribution >= 0.6 is 11.6 Å². The molecule has 0 bridgehead atoms. The molecule has 2 rings (SSSR count). The number of benzene rings is 1. The molecule has 0 radical (unpaired) electrons. The average molecular weight is 282 g/mol. The first-order valence-electron chi connectivity index (χ1n) is 6.99. The van der Waals surface area contributed by atoms with E-state index in [0.717, 1.165) is 24.3 Å². The van der Waals surface area contributed by atoms with E-state index >= 15 is 0 Å². The summed E-state index contributed by atoms with van der Waals surface area (Å²) in [6.45, 7) is 6.19. The first-order chi connectivity index (χ1) is 9.08. The first-order valence-corrected chi connectivity index (χ1v) is 7.37. The Hall–Kier alpha value is -1.06. The van der Waals surface area contributed by atoms with Crippen LogP contribution in [0.3, 0.4) is 0 Å². The molecule has 2 N–H and O–H groups in total. The van der Waals surface area contributed by atoms with Crippen molar-refractivity contribution in [3.63, 3.8) is 0 Å². The zero-order valence-electron chi connectivity index (χ0n) is 11.6. The van der Waals surface area contributed by atoms with Crippen molar-refractivity contribution < 1.29 is 9.69 Å². The Morgan fingerprint density at radius 2 is 2.00 bits per heavy atom. The number of anilines is 1. The maximum atomic E-state index is 12.3. The predicted octanol–water partition coefficient (Wildman–Crippen LogP) is 2.04. The molecule has 0 aromatic heterocycles. The Morgan fingerprint density at radius 1 is 1.32 bits per heavy atom. The van der Waals surface area contributed by atoms with E-state index in [1.54, 1.807) is 0 Å². The van der Waals surface area contributed by atoms with Gasteiger partial charge in [-0.15, -0.1) is 0 Å². The highest BCUT2D eigenvalue weighted by atomic mass is 35.5. The number of likely N-dealkylation sites (tertiary alicyclic amines) is 1. The summed E-state index contributed by atoms with van der Waals surface area (Å²) in [4.78, 5) is 13.7. The zero-order chi connectivity index (χ0) is 13.8. The van der Waals surface area contributed by atoms with Crippen molar-refractivity contribution >= 4 is 23.2 Å². The molecule has 3 nitrogen and oxygen atoms in total. The summed E-state index contributed by atoms with van der Waals surface area (Å²) in [5.74, 6) is 0.0854.